The van der Waals surface area contributed by atoms with Gasteiger partial charge in [-0.25, -0.2) is 0 Å². The number of nitrogens with one attached hydrogen (secondary N) is 3. The highest BCUT2D eigenvalue weighted by molar-refractivity contribution is 5.88. The van der Waals surface area contributed by atoms with E-state index in [1.165, 1.54) is 0 Å². The zero-order valence-corrected chi connectivity index (χ0v) is 12.6. The van der Waals surface area contributed by atoms with Crippen LogP contribution < -0.4 is 16.0 Å². The van der Waals surface area contributed by atoms with Crippen LogP contribution in [0.1, 0.15) is 47.0 Å². The van der Waals surface area contributed by atoms with E-state index in [0.29, 0.717) is 6.54 Å². The minimum atomic E-state index is -0.323. The molecule has 1 unspecified atom stereocenters. The zero-order chi connectivity index (χ0) is 14.5. The Labute approximate surface area is 115 Å². The first-order chi connectivity index (χ1) is 8.79. The predicted molar refractivity (Wildman–Crippen MR) is 75.7 cm³/mol. The summed E-state index contributed by atoms with van der Waals surface area (Å²) < 4.78 is 0. The molecule has 1 heterocycles. The third kappa shape index (κ3) is 4.82. The van der Waals surface area contributed by atoms with E-state index >= 15 is 0 Å². The molecular weight excluding hydrogens is 242 g/mol. The third-order valence-corrected chi connectivity index (χ3v) is 3.38. The fraction of sp³-hybridized carbons (Fsp3) is 0.857. The normalized spacial score (nSPS) is 23.2. The summed E-state index contributed by atoms with van der Waals surface area (Å²) in [6.07, 6.45) is 2.70. The number of amides is 2. The Bertz CT molecular complexity index is 328. The summed E-state index contributed by atoms with van der Waals surface area (Å²) in [6.45, 7) is 9.50. The first kappa shape index (κ1) is 16.0. The van der Waals surface area contributed by atoms with Crippen LogP contribution in [0.2, 0.25) is 0 Å². The standard InChI is InChI=1S/C14H27N3O2/c1-5-6-14(7-8-15-10-14)12(19)16-9-11(18)17-13(2,3)4/h15H,5-10H2,1-4H3,(H,16,19)(H,17,18). The van der Waals surface area contributed by atoms with Gasteiger partial charge in [-0.3, -0.25) is 9.59 Å². The number of rotatable bonds is 5. The summed E-state index contributed by atoms with van der Waals surface area (Å²) in [5.41, 5.74) is -0.589. The summed E-state index contributed by atoms with van der Waals surface area (Å²) in [6, 6.07) is 0. The van der Waals surface area contributed by atoms with E-state index in [9.17, 15) is 9.59 Å². The van der Waals surface area contributed by atoms with Gasteiger partial charge in [0.15, 0.2) is 0 Å². The molecule has 5 nitrogen and oxygen atoms in total. The fourth-order valence-corrected chi connectivity index (χ4v) is 2.55. The van der Waals surface area contributed by atoms with Crippen LogP contribution in [-0.2, 0) is 9.59 Å². The molecule has 0 aliphatic carbocycles. The van der Waals surface area contributed by atoms with Crippen molar-refractivity contribution < 1.29 is 9.59 Å². The first-order valence-corrected chi connectivity index (χ1v) is 7.09. The molecule has 0 aromatic heterocycles. The Morgan fingerprint density at radius 3 is 2.47 bits per heavy atom. The van der Waals surface area contributed by atoms with Crippen molar-refractivity contribution >= 4 is 11.8 Å². The number of carbonyl (C=O) groups excluding carboxylic acids is 2. The van der Waals surface area contributed by atoms with Crippen LogP contribution in [-0.4, -0.2) is 37.0 Å². The fourth-order valence-electron chi connectivity index (χ4n) is 2.55. The molecule has 1 aliphatic heterocycles. The lowest BCUT2D eigenvalue weighted by Crippen LogP contribution is -2.49. The average molecular weight is 269 g/mol. The lowest BCUT2D eigenvalue weighted by molar-refractivity contribution is -0.133. The van der Waals surface area contributed by atoms with Crippen LogP contribution in [0.5, 0.6) is 0 Å². The maximum atomic E-state index is 12.3. The van der Waals surface area contributed by atoms with Gasteiger partial charge in [0.2, 0.25) is 11.8 Å². The highest BCUT2D eigenvalue weighted by atomic mass is 16.2. The monoisotopic (exact) mass is 269 g/mol. The highest BCUT2D eigenvalue weighted by Gasteiger charge is 2.40. The van der Waals surface area contributed by atoms with Crippen LogP contribution in [0.4, 0.5) is 0 Å². The van der Waals surface area contributed by atoms with Crippen LogP contribution in [0.3, 0.4) is 0 Å². The minimum Gasteiger partial charge on any atom is -0.350 e. The van der Waals surface area contributed by atoms with Gasteiger partial charge in [-0.15, -0.1) is 0 Å². The molecular formula is C14H27N3O2. The molecule has 0 radical (unpaired) electrons. The molecule has 1 fully saturated rings. The van der Waals surface area contributed by atoms with Gasteiger partial charge in [-0.05, 0) is 40.2 Å². The van der Waals surface area contributed by atoms with Crippen molar-refractivity contribution in [2.24, 2.45) is 5.41 Å². The van der Waals surface area contributed by atoms with E-state index in [4.69, 9.17) is 0 Å². The molecule has 1 atom stereocenters. The predicted octanol–water partition coefficient (Wildman–Crippen LogP) is 0.797. The summed E-state index contributed by atoms with van der Waals surface area (Å²) in [5.74, 6) is -0.137. The summed E-state index contributed by atoms with van der Waals surface area (Å²) in [5, 5.41) is 8.87. The van der Waals surface area contributed by atoms with E-state index in [1.54, 1.807) is 0 Å². The second-order valence-electron chi connectivity index (χ2n) is 6.44. The SMILES string of the molecule is CCCC1(C(=O)NCC(=O)NC(C)(C)C)CCNC1. The second kappa shape index (κ2) is 6.37. The lowest BCUT2D eigenvalue weighted by atomic mass is 9.81. The van der Waals surface area contributed by atoms with Crippen LogP contribution in [0, 0.1) is 5.41 Å². The number of carbonyl (C=O) groups is 2. The van der Waals surface area contributed by atoms with Gasteiger partial charge < -0.3 is 16.0 Å². The average Bonchev–Trinajstić information content (AvgIpc) is 2.74. The Morgan fingerprint density at radius 1 is 1.32 bits per heavy atom. The van der Waals surface area contributed by atoms with E-state index in [-0.39, 0.29) is 29.3 Å². The van der Waals surface area contributed by atoms with Crippen molar-refractivity contribution in [1.82, 2.24) is 16.0 Å². The van der Waals surface area contributed by atoms with E-state index in [2.05, 4.69) is 22.9 Å². The highest BCUT2D eigenvalue weighted by Crippen LogP contribution is 2.31. The molecule has 1 saturated heterocycles. The van der Waals surface area contributed by atoms with Crippen LogP contribution in [0.25, 0.3) is 0 Å². The van der Waals surface area contributed by atoms with Crippen LogP contribution >= 0.6 is 0 Å². The Morgan fingerprint density at radius 2 is 2.00 bits per heavy atom. The van der Waals surface area contributed by atoms with Crippen molar-refractivity contribution in [1.29, 1.82) is 0 Å². The summed E-state index contributed by atoms with van der Waals surface area (Å²) >= 11 is 0. The Balaban J connectivity index is 2.47. The van der Waals surface area contributed by atoms with Gasteiger partial charge in [-0.2, -0.15) is 0 Å². The minimum absolute atomic E-state index is 0.00316. The van der Waals surface area contributed by atoms with Crippen molar-refractivity contribution in [3.63, 3.8) is 0 Å². The van der Waals surface area contributed by atoms with Gasteiger partial charge in [0, 0.05) is 12.1 Å². The van der Waals surface area contributed by atoms with Gasteiger partial charge in [-0.1, -0.05) is 13.3 Å². The van der Waals surface area contributed by atoms with Crippen molar-refractivity contribution in [2.45, 2.75) is 52.5 Å². The molecule has 1 rings (SSSR count). The quantitative estimate of drug-likeness (QED) is 0.691. The molecule has 19 heavy (non-hydrogen) atoms. The van der Waals surface area contributed by atoms with Crippen LogP contribution in [0.15, 0.2) is 0 Å². The largest absolute Gasteiger partial charge is 0.350 e. The maximum Gasteiger partial charge on any atom is 0.239 e. The molecule has 5 heteroatoms. The van der Waals surface area contributed by atoms with Crippen molar-refractivity contribution in [3.05, 3.63) is 0 Å². The van der Waals surface area contributed by atoms with E-state index < -0.39 is 0 Å². The molecule has 1 aliphatic rings. The smallest absolute Gasteiger partial charge is 0.239 e. The molecule has 0 saturated carbocycles. The topological polar surface area (TPSA) is 70.2 Å². The number of hydrogen-bond donors (Lipinski definition) is 3. The molecule has 2 amide bonds. The Kier molecular flexibility index (Phi) is 5.35. The maximum absolute atomic E-state index is 12.3. The van der Waals surface area contributed by atoms with Gasteiger partial charge in [0.1, 0.15) is 0 Å². The lowest BCUT2D eigenvalue weighted by Gasteiger charge is -2.27. The summed E-state index contributed by atoms with van der Waals surface area (Å²) in [4.78, 5) is 24.0. The number of hydrogen-bond acceptors (Lipinski definition) is 3. The third-order valence-electron chi connectivity index (χ3n) is 3.38. The first-order valence-electron chi connectivity index (χ1n) is 7.09. The Hall–Kier alpha value is -1.10. The molecule has 0 bridgehead atoms. The van der Waals surface area contributed by atoms with Gasteiger partial charge in [0.05, 0.1) is 12.0 Å². The van der Waals surface area contributed by atoms with Gasteiger partial charge in [0.25, 0.3) is 0 Å². The van der Waals surface area contributed by atoms with Gasteiger partial charge >= 0.3 is 0 Å². The second-order valence-corrected chi connectivity index (χ2v) is 6.44. The molecule has 3 N–H and O–H groups in total. The molecule has 110 valence electrons. The zero-order valence-electron chi connectivity index (χ0n) is 12.6. The van der Waals surface area contributed by atoms with E-state index in [0.717, 1.165) is 25.8 Å². The van der Waals surface area contributed by atoms with E-state index in [1.807, 2.05) is 20.8 Å². The summed E-state index contributed by atoms with van der Waals surface area (Å²) in [7, 11) is 0. The van der Waals surface area contributed by atoms with Crippen molar-refractivity contribution in [3.8, 4) is 0 Å². The molecule has 0 aromatic rings. The van der Waals surface area contributed by atoms with Crippen molar-refractivity contribution in [2.75, 3.05) is 19.6 Å². The molecule has 0 aromatic carbocycles. The molecule has 0 spiro atoms.